The Labute approximate surface area is 146 Å². The highest BCUT2D eigenvalue weighted by molar-refractivity contribution is 7.46. The van der Waals surface area contributed by atoms with Gasteiger partial charge >= 0.3 is 13.5 Å². The van der Waals surface area contributed by atoms with Gasteiger partial charge in [0.2, 0.25) is 11.7 Å². The molecule has 1 unspecified atom stereocenters. The number of aromatic nitrogens is 4. The minimum atomic E-state index is -4.72. The maximum absolute atomic E-state index is 12.1. The van der Waals surface area contributed by atoms with Crippen molar-refractivity contribution in [2.75, 3.05) is 19.5 Å². The number of methoxy groups -OCH3 is 1. The van der Waals surface area contributed by atoms with Crippen molar-refractivity contribution in [3.8, 4) is 0 Å². The van der Waals surface area contributed by atoms with Crippen LogP contribution in [-0.4, -0.2) is 61.5 Å². The molecule has 0 amide bonds. The lowest BCUT2D eigenvalue weighted by Crippen LogP contribution is -2.46. The van der Waals surface area contributed by atoms with Crippen molar-refractivity contribution in [3.05, 3.63) is 16.7 Å². The zero-order chi connectivity index (χ0) is 19.2. The van der Waals surface area contributed by atoms with Gasteiger partial charge in [-0.05, 0) is 0 Å². The van der Waals surface area contributed by atoms with Crippen LogP contribution in [0.25, 0.3) is 11.2 Å². The number of aromatic amines is 1. The van der Waals surface area contributed by atoms with E-state index in [4.69, 9.17) is 25.0 Å². The van der Waals surface area contributed by atoms with E-state index in [0.29, 0.717) is 0 Å². The van der Waals surface area contributed by atoms with E-state index >= 15 is 0 Å². The maximum Gasteiger partial charge on any atom is 0.469 e. The molecule has 1 aliphatic heterocycles. The Morgan fingerprint density at radius 1 is 1.54 bits per heavy atom. The summed E-state index contributed by atoms with van der Waals surface area (Å²) < 4.78 is 29.1. The number of hydrogen-bond acceptors (Lipinski definition) is 8. The summed E-state index contributed by atoms with van der Waals surface area (Å²) in [5, 5.41) is 10.5. The first-order valence-electron chi connectivity index (χ1n) is 7.44. The third-order valence-electron chi connectivity index (χ3n) is 4.05. The smallest absolute Gasteiger partial charge is 0.384 e. The van der Waals surface area contributed by atoms with Gasteiger partial charge in [-0.15, -0.1) is 0 Å². The number of aliphatic hydroxyl groups excluding tert-OH is 1. The molecule has 14 heteroatoms. The summed E-state index contributed by atoms with van der Waals surface area (Å²) in [7, 11) is -1.79. The molecule has 144 valence electrons. The summed E-state index contributed by atoms with van der Waals surface area (Å²) >= 11 is 0. The number of H-pyrrole nitrogens is 1. The molecule has 2 aromatic heterocycles. The first kappa shape index (κ1) is 18.9. The number of nitrogens with two attached hydrogens (primary N) is 1. The van der Waals surface area contributed by atoms with Gasteiger partial charge in [0.25, 0.3) is 11.5 Å². The summed E-state index contributed by atoms with van der Waals surface area (Å²) in [6, 6.07) is 0. The van der Waals surface area contributed by atoms with Crippen LogP contribution >= 0.6 is 7.82 Å². The molecule has 0 saturated carbocycles. The second-order valence-corrected chi connectivity index (χ2v) is 7.04. The van der Waals surface area contributed by atoms with Gasteiger partial charge < -0.3 is 30.1 Å². The van der Waals surface area contributed by atoms with E-state index < -0.39 is 44.5 Å². The Hall–Kier alpha value is -1.86. The molecule has 1 aliphatic rings. The van der Waals surface area contributed by atoms with Crippen molar-refractivity contribution < 1.29 is 38.0 Å². The summed E-state index contributed by atoms with van der Waals surface area (Å²) in [6.07, 6.45) is -2.66. The number of anilines is 1. The Morgan fingerprint density at radius 3 is 2.85 bits per heavy atom. The van der Waals surface area contributed by atoms with Gasteiger partial charge in [0, 0.05) is 7.11 Å². The number of aliphatic hydroxyl groups is 1. The highest BCUT2D eigenvalue weighted by Crippen LogP contribution is 2.38. The highest BCUT2D eigenvalue weighted by atomic mass is 31.2. The molecule has 0 aliphatic carbocycles. The van der Waals surface area contributed by atoms with Crippen molar-refractivity contribution in [1.29, 1.82) is 0 Å². The van der Waals surface area contributed by atoms with Gasteiger partial charge in [-0.2, -0.15) is 0 Å². The van der Waals surface area contributed by atoms with Gasteiger partial charge in [-0.25, -0.2) is 9.13 Å². The van der Waals surface area contributed by atoms with Gasteiger partial charge in [0.15, 0.2) is 6.33 Å². The summed E-state index contributed by atoms with van der Waals surface area (Å²) in [5.41, 5.74) is 5.50. The minimum absolute atomic E-state index is 0.111. The Bertz CT molecular complexity index is 922. The number of nitrogens with zero attached hydrogens (tertiary/aromatic N) is 3. The summed E-state index contributed by atoms with van der Waals surface area (Å²) in [4.78, 5) is 36.2. The van der Waals surface area contributed by atoms with Gasteiger partial charge in [-0.3, -0.25) is 18.9 Å². The normalized spacial score (nSPS) is 26.7. The Kier molecular flexibility index (Phi) is 4.88. The topological polar surface area (TPSA) is 186 Å². The number of phosphoric acid groups is 1. The largest absolute Gasteiger partial charge is 0.469 e. The molecule has 6 N–H and O–H groups in total. The van der Waals surface area contributed by atoms with Gasteiger partial charge in [0.05, 0.1) is 13.7 Å². The number of phosphoric ester groups is 1. The molecule has 1 saturated heterocycles. The fourth-order valence-electron chi connectivity index (χ4n) is 3.00. The number of rotatable bonds is 5. The third kappa shape index (κ3) is 3.38. The van der Waals surface area contributed by atoms with E-state index in [2.05, 4.69) is 14.5 Å². The van der Waals surface area contributed by atoms with Crippen molar-refractivity contribution in [2.45, 2.75) is 24.5 Å². The van der Waals surface area contributed by atoms with Crippen LogP contribution in [0.1, 0.15) is 6.23 Å². The average Bonchev–Trinajstić information content (AvgIpc) is 3.01. The summed E-state index contributed by atoms with van der Waals surface area (Å²) in [5.74, 6) is -0.111. The molecule has 26 heavy (non-hydrogen) atoms. The number of aryl methyl sites for hydroxylation is 1. The van der Waals surface area contributed by atoms with Crippen LogP contribution in [0.2, 0.25) is 0 Å². The lowest BCUT2D eigenvalue weighted by molar-refractivity contribution is -0.745. The fourth-order valence-corrected chi connectivity index (χ4v) is 3.34. The first-order valence-corrected chi connectivity index (χ1v) is 8.97. The number of nitrogen functional groups attached to an aromatic ring is 1. The van der Waals surface area contributed by atoms with E-state index in [9.17, 15) is 14.5 Å². The van der Waals surface area contributed by atoms with E-state index in [-0.39, 0.29) is 17.1 Å². The monoisotopic (exact) mass is 392 g/mol. The van der Waals surface area contributed by atoms with E-state index in [1.807, 2.05) is 0 Å². The molecule has 1 fully saturated rings. The first-order chi connectivity index (χ1) is 12.1. The minimum Gasteiger partial charge on any atom is -0.384 e. The molecular formula is C12H19N5O8P+. The highest BCUT2D eigenvalue weighted by Gasteiger charge is 2.48. The maximum atomic E-state index is 12.1. The summed E-state index contributed by atoms with van der Waals surface area (Å²) in [6.45, 7) is -0.502. The van der Waals surface area contributed by atoms with Crippen LogP contribution in [0.3, 0.4) is 0 Å². The Morgan fingerprint density at radius 2 is 2.23 bits per heavy atom. The molecule has 2 aromatic rings. The molecule has 3 rings (SSSR count). The standard InChI is InChI=1S/C12H18N5O8P/c1-16-4-17(9-6(16)10(19)15-12(13)14-9)11-7(18)8(23-2)5(25-11)3-24-26(20,21)22/h4-5,7-8,11,18H,3H2,1-2H3,(H4-,13,14,15,19,20,21,22)/p+1/t5-,7?,8-,11-/m0/s1. The molecular weight excluding hydrogens is 373 g/mol. The predicted octanol–water partition coefficient (Wildman–Crippen LogP) is -2.49. The van der Waals surface area contributed by atoms with Gasteiger partial charge in [0.1, 0.15) is 18.3 Å². The number of nitrogens with one attached hydrogen (secondary N) is 1. The third-order valence-corrected chi connectivity index (χ3v) is 4.54. The SMILES string of the molecule is CO[C@@H]1C(O)[C@@H]([n+]2cn(C)c3c(=O)[nH]c(N)nc32)O[C@H]1COP(=O)(O)O. The second-order valence-electron chi connectivity index (χ2n) is 5.80. The lowest BCUT2D eigenvalue weighted by Gasteiger charge is -2.17. The number of ether oxygens (including phenoxy) is 2. The van der Waals surface area contributed by atoms with Crippen molar-refractivity contribution in [1.82, 2.24) is 14.5 Å². The molecule has 13 nitrogen and oxygen atoms in total. The number of imidazole rings is 1. The zero-order valence-corrected chi connectivity index (χ0v) is 14.7. The Balaban J connectivity index is 1.98. The van der Waals surface area contributed by atoms with Crippen LogP contribution in [-0.2, 0) is 25.6 Å². The molecule has 0 spiro atoms. The van der Waals surface area contributed by atoms with Crippen molar-refractivity contribution in [3.63, 3.8) is 0 Å². The second kappa shape index (κ2) is 6.70. The lowest BCUT2D eigenvalue weighted by atomic mass is 10.1. The van der Waals surface area contributed by atoms with Crippen LogP contribution in [0.5, 0.6) is 0 Å². The van der Waals surface area contributed by atoms with Crippen molar-refractivity contribution in [2.24, 2.45) is 7.05 Å². The van der Waals surface area contributed by atoms with E-state index in [1.54, 1.807) is 7.05 Å². The number of fused-ring (bicyclic) bond motifs is 1. The molecule has 0 aromatic carbocycles. The van der Waals surface area contributed by atoms with Crippen LogP contribution in [0.15, 0.2) is 11.1 Å². The van der Waals surface area contributed by atoms with E-state index in [1.165, 1.54) is 22.6 Å². The van der Waals surface area contributed by atoms with E-state index in [0.717, 1.165) is 0 Å². The van der Waals surface area contributed by atoms with Crippen LogP contribution < -0.4 is 15.9 Å². The van der Waals surface area contributed by atoms with Gasteiger partial charge in [-0.1, -0.05) is 4.98 Å². The predicted molar refractivity (Wildman–Crippen MR) is 84.7 cm³/mol. The fraction of sp³-hybridized carbons (Fsp3) is 0.583. The van der Waals surface area contributed by atoms with Crippen LogP contribution in [0, 0.1) is 0 Å². The molecule has 4 atom stereocenters. The quantitative estimate of drug-likeness (QED) is 0.269. The van der Waals surface area contributed by atoms with Crippen molar-refractivity contribution >= 4 is 24.9 Å². The zero-order valence-electron chi connectivity index (χ0n) is 13.8. The molecule has 0 bridgehead atoms. The number of hydrogen-bond donors (Lipinski definition) is 5. The average molecular weight is 392 g/mol. The molecule has 0 radical (unpaired) electrons. The van der Waals surface area contributed by atoms with Crippen LogP contribution in [0.4, 0.5) is 5.95 Å². The molecule has 3 heterocycles.